The maximum absolute atomic E-state index is 12.3. The predicted octanol–water partition coefficient (Wildman–Crippen LogP) is 1.42. The Bertz CT molecular complexity index is 1070. The lowest BCUT2D eigenvalue weighted by atomic mass is 10.4. The van der Waals surface area contributed by atoms with Crippen LogP contribution in [-0.4, -0.2) is 47.4 Å². The van der Waals surface area contributed by atoms with Crippen LogP contribution >= 0.6 is 11.3 Å². The van der Waals surface area contributed by atoms with E-state index in [4.69, 9.17) is 0 Å². The molecule has 0 fully saturated rings. The van der Waals surface area contributed by atoms with E-state index in [1.165, 1.54) is 19.4 Å². The van der Waals surface area contributed by atoms with E-state index in [1.54, 1.807) is 18.3 Å². The minimum Gasteiger partial charge on any atom is -0.369 e. The van der Waals surface area contributed by atoms with Gasteiger partial charge in [0.25, 0.3) is 10.0 Å². The minimum absolute atomic E-state index is 0.0186. The third-order valence-electron chi connectivity index (χ3n) is 3.34. The highest BCUT2D eigenvalue weighted by atomic mass is 32.2. The summed E-state index contributed by atoms with van der Waals surface area (Å²) in [5.41, 5.74) is 0. The van der Waals surface area contributed by atoms with Gasteiger partial charge in [0.15, 0.2) is 9.34 Å². The van der Waals surface area contributed by atoms with Crippen molar-refractivity contribution in [2.75, 3.05) is 29.0 Å². The largest absolute Gasteiger partial charge is 0.369 e. The quantitative estimate of drug-likeness (QED) is 0.366. The van der Waals surface area contributed by atoms with E-state index in [-0.39, 0.29) is 21.8 Å². The highest BCUT2D eigenvalue weighted by molar-refractivity contribution is 7.91. The summed E-state index contributed by atoms with van der Waals surface area (Å²) in [5, 5.41) is 8.74. The van der Waals surface area contributed by atoms with Crippen LogP contribution in [0.5, 0.6) is 0 Å². The molecule has 0 saturated heterocycles. The zero-order chi connectivity index (χ0) is 20.7. The highest BCUT2D eigenvalue weighted by Crippen LogP contribution is 2.22. The van der Waals surface area contributed by atoms with Gasteiger partial charge in [-0.05, 0) is 12.1 Å². The molecular weight excluding hydrogens is 416 g/mol. The highest BCUT2D eigenvalue weighted by Gasteiger charge is 2.17. The number of hydrogen-bond acceptors (Lipinski definition) is 10. The first kappa shape index (κ1) is 20.6. The van der Waals surface area contributed by atoms with Gasteiger partial charge in [-0.15, -0.1) is 0 Å². The Labute approximate surface area is 171 Å². The Morgan fingerprint density at radius 2 is 1.90 bits per heavy atom. The van der Waals surface area contributed by atoms with Crippen LogP contribution in [0.25, 0.3) is 0 Å². The molecule has 29 heavy (non-hydrogen) atoms. The van der Waals surface area contributed by atoms with Crippen LogP contribution in [-0.2, 0) is 14.8 Å². The standard InChI is InChI=1S/C16H18N8O3S2/c1-11(25)23-16-19-9-15(28-16)29(26,27)22-7-6-18-13-8-14(21-10-20-13)24-12-4-2-3-5-17-12/h2-5,8-10,22H,6-7H2,1H3,(H,19,23,25)(H2,17,18,20,21,24). The summed E-state index contributed by atoms with van der Waals surface area (Å²) >= 11 is 0.877. The summed E-state index contributed by atoms with van der Waals surface area (Å²) < 4.78 is 27.0. The molecule has 0 unspecified atom stereocenters. The lowest BCUT2D eigenvalue weighted by Gasteiger charge is -2.09. The normalized spacial score (nSPS) is 11.1. The first-order chi connectivity index (χ1) is 13.9. The maximum atomic E-state index is 12.3. The topological polar surface area (TPSA) is 151 Å². The SMILES string of the molecule is CC(=O)Nc1ncc(S(=O)(=O)NCCNc2cc(Nc3ccccn3)ncn2)s1. The average Bonchev–Trinajstić information content (AvgIpc) is 3.15. The molecule has 0 saturated carbocycles. The van der Waals surface area contributed by atoms with Crippen LogP contribution in [0.2, 0.25) is 0 Å². The molecule has 152 valence electrons. The lowest BCUT2D eigenvalue weighted by molar-refractivity contribution is -0.114. The molecule has 0 aliphatic rings. The van der Waals surface area contributed by atoms with Gasteiger partial charge in [-0.2, -0.15) is 0 Å². The molecular formula is C16H18N8O3S2. The molecule has 3 heterocycles. The van der Waals surface area contributed by atoms with E-state index < -0.39 is 10.0 Å². The molecule has 0 aliphatic heterocycles. The lowest BCUT2D eigenvalue weighted by Crippen LogP contribution is -2.28. The number of carbonyl (C=O) groups excluding carboxylic acids is 1. The third kappa shape index (κ3) is 6.17. The summed E-state index contributed by atoms with van der Waals surface area (Å²) in [6.45, 7) is 1.75. The van der Waals surface area contributed by atoms with E-state index in [2.05, 4.69) is 40.6 Å². The van der Waals surface area contributed by atoms with Crippen molar-refractivity contribution in [3.63, 3.8) is 0 Å². The number of thiazole rings is 1. The summed E-state index contributed by atoms with van der Waals surface area (Å²) in [7, 11) is -3.72. The predicted molar refractivity (Wildman–Crippen MR) is 110 cm³/mol. The van der Waals surface area contributed by atoms with Crippen molar-refractivity contribution < 1.29 is 13.2 Å². The van der Waals surface area contributed by atoms with Crippen LogP contribution in [0.15, 0.2) is 47.2 Å². The van der Waals surface area contributed by atoms with Gasteiger partial charge < -0.3 is 16.0 Å². The second-order valence-electron chi connectivity index (χ2n) is 5.62. The number of rotatable bonds is 9. The van der Waals surface area contributed by atoms with Crippen LogP contribution in [0, 0.1) is 0 Å². The number of nitrogens with zero attached hydrogens (tertiary/aromatic N) is 4. The summed E-state index contributed by atoms with van der Waals surface area (Å²) in [6.07, 6.45) is 4.25. The van der Waals surface area contributed by atoms with E-state index in [9.17, 15) is 13.2 Å². The van der Waals surface area contributed by atoms with Crippen LogP contribution in [0.1, 0.15) is 6.92 Å². The average molecular weight is 435 g/mol. The number of anilines is 4. The number of carbonyl (C=O) groups is 1. The van der Waals surface area contributed by atoms with Gasteiger partial charge in [0.2, 0.25) is 5.91 Å². The number of aromatic nitrogens is 4. The molecule has 3 rings (SSSR count). The zero-order valence-corrected chi connectivity index (χ0v) is 16.9. The van der Waals surface area contributed by atoms with Crippen molar-refractivity contribution in [1.29, 1.82) is 0 Å². The Kier molecular flexibility index (Phi) is 6.64. The number of pyridine rings is 1. The molecule has 0 atom stereocenters. The van der Waals surface area contributed by atoms with Gasteiger partial charge in [-0.25, -0.2) is 33.1 Å². The van der Waals surface area contributed by atoms with Crippen molar-refractivity contribution >= 4 is 49.9 Å². The smallest absolute Gasteiger partial charge is 0.251 e. The molecule has 13 heteroatoms. The van der Waals surface area contributed by atoms with Gasteiger partial charge in [-0.3, -0.25) is 4.79 Å². The Morgan fingerprint density at radius 1 is 1.07 bits per heavy atom. The van der Waals surface area contributed by atoms with Gasteiger partial charge in [0.1, 0.15) is 23.8 Å². The molecule has 3 aromatic rings. The van der Waals surface area contributed by atoms with E-state index in [0.717, 1.165) is 11.3 Å². The van der Waals surface area contributed by atoms with Crippen molar-refractivity contribution in [2.45, 2.75) is 11.1 Å². The number of sulfonamides is 1. The van der Waals surface area contributed by atoms with Crippen molar-refractivity contribution in [2.24, 2.45) is 0 Å². The Balaban J connectivity index is 1.50. The van der Waals surface area contributed by atoms with E-state index in [1.807, 2.05) is 12.1 Å². The molecule has 4 N–H and O–H groups in total. The van der Waals surface area contributed by atoms with Crippen molar-refractivity contribution in [3.8, 4) is 0 Å². The van der Waals surface area contributed by atoms with Crippen LogP contribution < -0.4 is 20.7 Å². The Hall–Kier alpha value is -3.16. The second-order valence-corrected chi connectivity index (χ2v) is 8.64. The maximum Gasteiger partial charge on any atom is 0.251 e. The first-order valence-electron chi connectivity index (χ1n) is 8.39. The molecule has 11 nitrogen and oxygen atoms in total. The fourth-order valence-corrected chi connectivity index (χ4v) is 4.28. The van der Waals surface area contributed by atoms with Gasteiger partial charge in [0.05, 0.1) is 6.20 Å². The van der Waals surface area contributed by atoms with E-state index in [0.29, 0.717) is 24.0 Å². The fraction of sp³-hybridized carbons (Fsp3) is 0.188. The fourth-order valence-electron chi connectivity index (χ4n) is 2.13. The van der Waals surface area contributed by atoms with Crippen molar-refractivity contribution in [1.82, 2.24) is 24.7 Å². The summed E-state index contributed by atoms with van der Waals surface area (Å²) in [6, 6.07) is 7.16. The van der Waals surface area contributed by atoms with Gasteiger partial charge >= 0.3 is 0 Å². The molecule has 0 aliphatic carbocycles. The van der Waals surface area contributed by atoms with Crippen LogP contribution in [0.4, 0.5) is 22.6 Å². The molecule has 3 aromatic heterocycles. The molecule has 0 bridgehead atoms. The second kappa shape index (κ2) is 9.36. The monoisotopic (exact) mass is 434 g/mol. The molecule has 0 spiro atoms. The first-order valence-corrected chi connectivity index (χ1v) is 10.7. The summed E-state index contributed by atoms with van der Waals surface area (Å²) in [5.74, 6) is 1.41. The van der Waals surface area contributed by atoms with Gasteiger partial charge in [0, 0.05) is 32.3 Å². The number of hydrogen-bond donors (Lipinski definition) is 4. The Morgan fingerprint density at radius 3 is 2.66 bits per heavy atom. The zero-order valence-electron chi connectivity index (χ0n) is 15.3. The summed E-state index contributed by atoms with van der Waals surface area (Å²) in [4.78, 5) is 27.2. The van der Waals surface area contributed by atoms with E-state index >= 15 is 0 Å². The molecule has 0 radical (unpaired) electrons. The van der Waals surface area contributed by atoms with Gasteiger partial charge in [-0.1, -0.05) is 17.4 Å². The third-order valence-corrected chi connectivity index (χ3v) is 6.18. The molecule has 1 amide bonds. The minimum atomic E-state index is -3.72. The number of amides is 1. The molecule has 0 aromatic carbocycles. The van der Waals surface area contributed by atoms with Crippen LogP contribution in [0.3, 0.4) is 0 Å². The number of nitrogens with one attached hydrogen (secondary N) is 4. The van der Waals surface area contributed by atoms with Crippen molar-refractivity contribution in [3.05, 3.63) is 43.0 Å².